The molecule has 2 atom stereocenters. The fraction of sp³-hybridized carbons (Fsp3) is 0.889. The molecule has 1 aliphatic heterocycles. The van der Waals surface area contributed by atoms with Gasteiger partial charge in [-0.3, -0.25) is 0 Å². The third kappa shape index (κ3) is 3.65. The van der Waals surface area contributed by atoms with Crippen molar-refractivity contribution in [2.24, 2.45) is 5.73 Å². The van der Waals surface area contributed by atoms with E-state index in [0.29, 0.717) is 0 Å². The second-order valence-electron chi connectivity index (χ2n) is 4.31. The molecule has 1 heterocycles. The maximum atomic E-state index is 11.8. The molecule has 1 rings (SSSR count). The van der Waals surface area contributed by atoms with Crippen LogP contribution in [-0.2, 0) is 10.0 Å². The molecule has 3 N–H and O–H groups in total. The van der Waals surface area contributed by atoms with Crippen LogP contribution in [0.2, 0.25) is 0 Å². The average Bonchev–Trinajstić information content (AvgIpc) is 2.15. The minimum Gasteiger partial charge on any atom is -0.392 e. The van der Waals surface area contributed by atoms with E-state index < -0.39 is 15.3 Å². The minimum atomic E-state index is -3.43. The maximum Gasteiger partial charge on any atom is 0.221 e. The number of hydrogen-bond donors (Lipinski definition) is 2. The summed E-state index contributed by atoms with van der Waals surface area (Å²) in [5, 5.41) is -0.810. The van der Waals surface area contributed by atoms with E-state index in [1.165, 1.54) is 6.92 Å². The Labute approximate surface area is 102 Å². The minimum absolute atomic E-state index is 0.0108. The first kappa shape index (κ1) is 13.8. The molecule has 7 heteroatoms. The molecular weight excluding hydrogens is 246 g/mol. The van der Waals surface area contributed by atoms with Crippen LogP contribution in [0.1, 0.15) is 19.8 Å². The van der Waals surface area contributed by atoms with Gasteiger partial charge in [0.2, 0.25) is 10.0 Å². The van der Waals surface area contributed by atoms with Gasteiger partial charge in [-0.2, -0.15) is 0 Å². The lowest BCUT2D eigenvalue weighted by molar-refractivity contribution is 0.242. The number of nitrogens with one attached hydrogen (secondary N) is 1. The van der Waals surface area contributed by atoms with Gasteiger partial charge in [0.25, 0.3) is 0 Å². The van der Waals surface area contributed by atoms with Gasteiger partial charge in [0, 0.05) is 12.6 Å². The molecule has 1 aliphatic rings. The van der Waals surface area contributed by atoms with Crippen LogP contribution in [0.5, 0.6) is 0 Å². The molecule has 0 aromatic heterocycles. The van der Waals surface area contributed by atoms with E-state index in [0.717, 1.165) is 25.9 Å². The summed E-state index contributed by atoms with van der Waals surface area (Å²) in [5.74, 6) is 0. The van der Waals surface area contributed by atoms with Gasteiger partial charge in [0.05, 0.1) is 4.99 Å². The monoisotopic (exact) mass is 265 g/mol. The van der Waals surface area contributed by atoms with Gasteiger partial charge in [-0.05, 0) is 33.4 Å². The van der Waals surface area contributed by atoms with Crippen molar-refractivity contribution in [1.29, 1.82) is 0 Å². The molecule has 0 aromatic carbocycles. The average molecular weight is 265 g/mol. The SMILES string of the molecule is CC(C(N)=S)S(=O)(=O)NC1CCCN(C)C1. The normalized spacial score (nSPS) is 25.2. The lowest BCUT2D eigenvalue weighted by Crippen LogP contribution is -2.50. The van der Waals surface area contributed by atoms with Crippen LogP contribution in [0, 0.1) is 0 Å². The fourth-order valence-electron chi connectivity index (χ4n) is 1.75. The predicted molar refractivity (Wildman–Crippen MR) is 68.8 cm³/mol. The van der Waals surface area contributed by atoms with E-state index in [-0.39, 0.29) is 11.0 Å². The Morgan fingerprint density at radius 1 is 1.62 bits per heavy atom. The van der Waals surface area contributed by atoms with Crippen molar-refractivity contribution >= 4 is 27.2 Å². The van der Waals surface area contributed by atoms with E-state index in [2.05, 4.69) is 9.62 Å². The Balaban J connectivity index is 2.62. The molecule has 2 unspecified atom stereocenters. The number of thiocarbonyl (C=S) groups is 1. The van der Waals surface area contributed by atoms with Crippen LogP contribution in [0.3, 0.4) is 0 Å². The summed E-state index contributed by atoms with van der Waals surface area (Å²) in [4.78, 5) is 2.12. The van der Waals surface area contributed by atoms with E-state index in [4.69, 9.17) is 18.0 Å². The summed E-state index contributed by atoms with van der Waals surface area (Å²) in [6, 6.07) is -0.0273. The first-order chi connectivity index (χ1) is 7.33. The first-order valence-corrected chi connectivity index (χ1v) is 7.27. The van der Waals surface area contributed by atoms with Gasteiger partial charge >= 0.3 is 0 Å². The lowest BCUT2D eigenvalue weighted by Gasteiger charge is -2.30. The van der Waals surface area contributed by atoms with E-state index in [1.54, 1.807) is 0 Å². The van der Waals surface area contributed by atoms with Crippen molar-refractivity contribution < 1.29 is 8.42 Å². The molecule has 0 saturated carbocycles. The Morgan fingerprint density at radius 3 is 2.75 bits per heavy atom. The summed E-state index contributed by atoms with van der Waals surface area (Å²) >= 11 is 4.71. The number of likely N-dealkylation sites (tertiary alicyclic amines) is 1. The zero-order valence-corrected chi connectivity index (χ0v) is 11.3. The fourth-order valence-corrected chi connectivity index (χ4v) is 3.30. The topological polar surface area (TPSA) is 75.4 Å². The van der Waals surface area contributed by atoms with Crippen molar-refractivity contribution in [3.8, 4) is 0 Å². The maximum absolute atomic E-state index is 11.8. The lowest BCUT2D eigenvalue weighted by atomic mass is 10.1. The number of hydrogen-bond acceptors (Lipinski definition) is 4. The van der Waals surface area contributed by atoms with Gasteiger partial charge in [-0.25, -0.2) is 13.1 Å². The zero-order chi connectivity index (χ0) is 12.3. The van der Waals surface area contributed by atoms with Crippen molar-refractivity contribution in [3.63, 3.8) is 0 Å². The molecule has 1 fully saturated rings. The van der Waals surface area contributed by atoms with E-state index >= 15 is 0 Å². The van der Waals surface area contributed by atoms with E-state index in [9.17, 15) is 8.42 Å². The standard InChI is InChI=1S/C9H19N3O2S2/c1-7(9(10)15)16(13,14)11-8-4-3-5-12(2)6-8/h7-8,11H,3-6H2,1-2H3,(H2,10,15). The second kappa shape index (κ2) is 5.39. The number of nitrogens with zero attached hydrogens (tertiary/aromatic N) is 1. The number of sulfonamides is 1. The number of piperidine rings is 1. The quantitative estimate of drug-likeness (QED) is 0.681. The van der Waals surface area contributed by atoms with Gasteiger partial charge in [-0.15, -0.1) is 0 Å². The summed E-state index contributed by atoms with van der Waals surface area (Å²) in [6.45, 7) is 3.27. The molecular formula is C9H19N3O2S2. The highest BCUT2D eigenvalue weighted by molar-refractivity contribution is 7.93. The smallest absolute Gasteiger partial charge is 0.221 e. The molecule has 16 heavy (non-hydrogen) atoms. The second-order valence-corrected chi connectivity index (χ2v) is 6.81. The zero-order valence-electron chi connectivity index (χ0n) is 9.64. The molecule has 0 aromatic rings. The number of likely N-dealkylation sites (N-methyl/N-ethyl adjacent to an activating group) is 1. The largest absolute Gasteiger partial charge is 0.392 e. The Bertz CT molecular complexity index is 356. The van der Waals surface area contributed by atoms with E-state index in [1.807, 2.05) is 7.05 Å². The third-order valence-corrected chi connectivity index (χ3v) is 5.17. The van der Waals surface area contributed by atoms with Crippen LogP contribution in [0.4, 0.5) is 0 Å². The van der Waals surface area contributed by atoms with Crippen molar-refractivity contribution in [3.05, 3.63) is 0 Å². The predicted octanol–water partition coefficient (Wildman–Crippen LogP) is -0.325. The number of nitrogens with two attached hydrogens (primary N) is 1. The van der Waals surface area contributed by atoms with Crippen molar-refractivity contribution in [2.75, 3.05) is 20.1 Å². The molecule has 94 valence electrons. The van der Waals surface area contributed by atoms with Crippen LogP contribution in [-0.4, -0.2) is 49.7 Å². The van der Waals surface area contributed by atoms with Crippen LogP contribution < -0.4 is 10.5 Å². The van der Waals surface area contributed by atoms with Gasteiger partial charge in [-0.1, -0.05) is 12.2 Å². The van der Waals surface area contributed by atoms with Crippen LogP contribution >= 0.6 is 12.2 Å². The van der Waals surface area contributed by atoms with Crippen LogP contribution in [0.15, 0.2) is 0 Å². The molecule has 0 aliphatic carbocycles. The Morgan fingerprint density at radius 2 is 2.25 bits per heavy atom. The molecule has 1 saturated heterocycles. The molecule has 0 spiro atoms. The van der Waals surface area contributed by atoms with Crippen molar-refractivity contribution in [1.82, 2.24) is 9.62 Å². The van der Waals surface area contributed by atoms with Crippen LogP contribution in [0.25, 0.3) is 0 Å². The summed E-state index contributed by atoms with van der Waals surface area (Å²) in [5.41, 5.74) is 5.36. The Hall–Kier alpha value is -0.240. The number of rotatable bonds is 4. The van der Waals surface area contributed by atoms with Gasteiger partial charge in [0.15, 0.2) is 0 Å². The summed E-state index contributed by atoms with van der Waals surface area (Å²) in [7, 11) is -1.44. The highest BCUT2D eigenvalue weighted by atomic mass is 32.2. The van der Waals surface area contributed by atoms with Gasteiger partial charge in [0.1, 0.15) is 5.25 Å². The molecule has 0 radical (unpaired) electrons. The highest BCUT2D eigenvalue weighted by Gasteiger charge is 2.28. The molecule has 0 bridgehead atoms. The van der Waals surface area contributed by atoms with Gasteiger partial charge < -0.3 is 10.6 Å². The Kier molecular flexibility index (Phi) is 4.66. The summed E-state index contributed by atoms with van der Waals surface area (Å²) < 4.78 is 26.4. The molecule has 0 amide bonds. The summed E-state index contributed by atoms with van der Waals surface area (Å²) in [6.07, 6.45) is 1.87. The third-order valence-electron chi connectivity index (χ3n) is 2.82. The first-order valence-electron chi connectivity index (χ1n) is 5.32. The van der Waals surface area contributed by atoms with Crippen molar-refractivity contribution in [2.45, 2.75) is 31.1 Å². The molecule has 5 nitrogen and oxygen atoms in total. The highest BCUT2D eigenvalue weighted by Crippen LogP contribution is 2.10.